The van der Waals surface area contributed by atoms with Gasteiger partial charge in [0.2, 0.25) is 0 Å². The average Bonchev–Trinajstić information content (AvgIpc) is 3.27. The third kappa shape index (κ3) is 2.52. The number of pyridine rings is 2. The zero-order valence-corrected chi connectivity index (χ0v) is 14.5. The van der Waals surface area contributed by atoms with Crippen LogP contribution in [0.3, 0.4) is 0 Å². The Bertz CT molecular complexity index is 1250. The van der Waals surface area contributed by atoms with E-state index in [-0.39, 0.29) is 11.7 Å². The predicted molar refractivity (Wildman–Crippen MR) is 100 cm³/mol. The summed E-state index contributed by atoms with van der Waals surface area (Å²) in [7, 11) is 0. The van der Waals surface area contributed by atoms with Crippen LogP contribution in [0.1, 0.15) is 24.4 Å². The Morgan fingerprint density at radius 3 is 3.04 bits per heavy atom. The molecule has 27 heavy (non-hydrogen) atoms. The largest absolute Gasteiger partial charge is 0.327 e. The van der Waals surface area contributed by atoms with E-state index in [4.69, 9.17) is 4.98 Å². The number of hydrogen-bond acceptors (Lipinski definition) is 5. The van der Waals surface area contributed by atoms with Gasteiger partial charge in [0.15, 0.2) is 5.65 Å². The van der Waals surface area contributed by atoms with Crippen molar-refractivity contribution in [2.75, 3.05) is 13.1 Å². The molecule has 5 heterocycles. The van der Waals surface area contributed by atoms with Crippen molar-refractivity contribution in [3.63, 3.8) is 0 Å². The molecule has 0 radical (unpaired) electrons. The van der Waals surface area contributed by atoms with E-state index in [0.29, 0.717) is 11.2 Å². The van der Waals surface area contributed by atoms with Gasteiger partial charge in [-0.3, -0.25) is 4.57 Å². The number of hydrogen-bond donors (Lipinski definition) is 2. The predicted octanol–water partition coefficient (Wildman–Crippen LogP) is 1.84. The first-order valence-electron chi connectivity index (χ1n) is 8.94. The van der Waals surface area contributed by atoms with E-state index in [1.54, 1.807) is 33.6 Å². The van der Waals surface area contributed by atoms with Crippen molar-refractivity contribution < 1.29 is 0 Å². The molecule has 0 aromatic carbocycles. The smallest absolute Gasteiger partial charge is 0.315 e. The maximum absolute atomic E-state index is 12.5. The third-order valence-electron chi connectivity index (χ3n) is 5.13. The van der Waals surface area contributed by atoms with Gasteiger partial charge < -0.3 is 10.3 Å². The number of imidazole rings is 1. The molecule has 1 fully saturated rings. The number of piperidine rings is 1. The van der Waals surface area contributed by atoms with Crippen LogP contribution < -0.4 is 11.0 Å². The molecule has 0 aliphatic carbocycles. The van der Waals surface area contributed by atoms with Crippen molar-refractivity contribution >= 4 is 16.7 Å². The van der Waals surface area contributed by atoms with Gasteiger partial charge in [-0.15, -0.1) is 0 Å². The van der Waals surface area contributed by atoms with Gasteiger partial charge in [0.05, 0.1) is 40.6 Å². The molecule has 5 rings (SSSR count). The number of aromatic amines is 1. The molecule has 1 atom stereocenters. The lowest BCUT2D eigenvalue weighted by Gasteiger charge is -2.23. The fraction of sp³-hybridized carbons (Fsp3) is 0.263. The molecule has 8 nitrogen and oxygen atoms in total. The van der Waals surface area contributed by atoms with E-state index in [0.717, 1.165) is 48.2 Å². The highest BCUT2D eigenvalue weighted by atomic mass is 16.1. The number of fused-ring (bicyclic) bond motifs is 2. The van der Waals surface area contributed by atoms with E-state index >= 15 is 0 Å². The lowest BCUT2D eigenvalue weighted by molar-refractivity contribution is 0.370. The highest BCUT2D eigenvalue weighted by molar-refractivity contribution is 5.82. The Morgan fingerprint density at radius 1 is 1.30 bits per heavy atom. The first kappa shape index (κ1) is 15.8. The van der Waals surface area contributed by atoms with Crippen LogP contribution in [0.25, 0.3) is 27.9 Å². The van der Waals surface area contributed by atoms with Crippen LogP contribution in [0.4, 0.5) is 0 Å². The normalized spacial score (nSPS) is 17.4. The van der Waals surface area contributed by atoms with Gasteiger partial charge in [-0.1, -0.05) is 0 Å². The summed E-state index contributed by atoms with van der Waals surface area (Å²) in [6.07, 6.45) is 5.49. The summed E-state index contributed by atoms with van der Waals surface area (Å²) < 4.78 is 3.48. The summed E-state index contributed by atoms with van der Waals surface area (Å²) in [4.78, 5) is 20.2. The number of aromatic nitrogens is 5. The van der Waals surface area contributed by atoms with Gasteiger partial charge in [-0.25, -0.2) is 14.3 Å². The van der Waals surface area contributed by atoms with Crippen LogP contribution in [0, 0.1) is 11.3 Å². The van der Waals surface area contributed by atoms with Crippen LogP contribution in [-0.2, 0) is 0 Å². The van der Waals surface area contributed by atoms with E-state index < -0.39 is 0 Å². The van der Waals surface area contributed by atoms with Gasteiger partial charge in [-0.2, -0.15) is 10.4 Å². The van der Waals surface area contributed by atoms with Gasteiger partial charge in [0.25, 0.3) is 0 Å². The molecule has 1 aliphatic heterocycles. The number of H-pyrrole nitrogens is 1. The van der Waals surface area contributed by atoms with Crippen molar-refractivity contribution in [1.29, 1.82) is 5.26 Å². The molecule has 8 heteroatoms. The van der Waals surface area contributed by atoms with E-state index in [9.17, 15) is 10.1 Å². The Balaban J connectivity index is 1.69. The van der Waals surface area contributed by atoms with Gasteiger partial charge in [0.1, 0.15) is 0 Å². The number of nitrogens with zero attached hydrogens (tertiary/aromatic N) is 5. The second-order valence-corrected chi connectivity index (χ2v) is 6.78. The average molecular weight is 359 g/mol. The molecule has 0 bridgehead atoms. The molecule has 1 aliphatic rings. The highest BCUT2D eigenvalue weighted by Gasteiger charge is 2.21. The molecule has 4 aromatic rings. The fourth-order valence-electron chi connectivity index (χ4n) is 3.79. The zero-order valence-electron chi connectivity index (χ0n) is 14.5. The summed E-state index contributed by atoms with van der Waals surface area (Å²) in [5.74, 6) is 0. The first-order valence-corrected chi connectivity index (χ1v) is 8.94. The van der Waals surface area contributed by atoms with Crippen molar-refractivity contribution in [1.82, 2.24) is 29.5 Å². The summed E-state index contributed by atoms with van der Waals surface area (Å²) in [5, 5.41) is 16.9. The second kappa shape index (κ2) is 6.07. The third-order valence-corrected chi connectivity index (χ3v) is 5.13. The minimum absolute atomic E-state index is 0.0943. The van der Waals surface area contributed by atoms with Crippen LogP contribution >= 0.6 is 0 Å². The SMILES string of the molecule is N#Cc1ccn2ncc(-c3ccc4[nH]c(=O)n(C5CCCNC5)c4n3)c2c1. The molecule has 1 saturated heterocycles. The fourth-order valence-corrected chi connectivity index (χ4v) is 3.79. The quantitative estimate of drug-likeness (QED) is 0.568. The molecule has 4 aromatic heterocycles. The number of nitriles is 1. The highest BCUT2D eigenvalue weighted by Crippen LogP contribution is 2.26. The number of rotatable bonds is 2. The molecule has 134 valence electrons. The van der Waals surface area contributed by atoms with Crippen LogP contribution in [-0.4, -0.2) is 37.2 Å². The molecular weight excluding hydrogens is 342 g/mol. The van der Waals surface area contributed by atoms with Crippen molar-refractivity contribution in [3.05, 3.63) is 52.7 Å². The van der Waals surface area contributed by atoms with E-state index in [2.05, 4.69) is 21.5 Å². The minimum atomic E-state index is -0.130. The molecule has 0 amide bonds. The van der Waals surface area contributed by atoms with Crippen molar-refractivity contribution in [3.8, 4) is 17.3 Å². The topological polar surface area (TPSA) is 104 Å². The van der Waals surface area contributed by atoms with Crippen LogP contribution in [0.5, 0.6) is 0 Å². The van der Waals surface area contributed by atoms with Crippen molar-refractivity contribution in [2.45, 2.75) is 18.9 Å². The summed E-state index contributed by atoms with van der Waals surface area (Å²) >= 11 is 0. The van der Waals surface area contributed by atoms with Gasteiger partial charge in [0, 0.05) is 18.3 Å². The van der Waals surface area contributed by atoms with E-state index in [1.165, 1.54) is 0 Å². The minimum Gasteiger partial charge on any atom is -0.315 e. The standard InChI is InChI=1S/C19H17N7O/c20-9-12-5-7-25-17(8-12)14(11-22-25)15-3-4-16-18(23-15)26(19(27)24-16)13-2-1-6-21-10-13/h3-5,7-8,11,13,21H,1-2,6,10H2,(H,24,27). The lowest BCUT2D eigenvalue weighted by atomic mass is 10.1. The Labute approximate surface area is 154 Å². The Morgan fingerprint density at radius 2 is 2.22 bits per heavy atom. The van der Waals surface area contributed by atoms with E-state index in [1.807, 2.05) is 12.1 Å². The molecule has 1 unspecified atom stereocenters. The maximum Gasteiger partial charge on any atom is 0.327 e. The maximum atomic E-state index is 12.5. The Kier molecular flexibility index (Phi) is 3.55. The molecule has 2 N–H and O–H groups in total. The van der Waals surface area contributed by atoms with Crippen molar-refractivity contribution in [2.24, 2.45) is 0 Å². The monoisotopic (exact) mass is 359 g/mol. The van der Waals surface area contributed by atoms with Gasteiger partial charge in [-0.05, 0) is 43.7 Å². The summed E-state index contributed by atoms with van der Waals surface area (Å²) in [6.45, 7) is 1.75. The lowest BCUT2D eigenvalue weighted by Crippen LogP contribution is -2.35. The number of nitrogens with one attached hydrogen (secondary N) is 2. The zero-order chi connectivity index (χ0) is 18.4. The van der Waals surface area contributed by atoms with Crippen LogP contribution in [0.15, 0.2) is 41.5 Å². The van der Waals surface area contributed by atoms with Gasteiger partial charge >= 0.3 is 5.69 Å². The summed E-state index contributed by atoms with van der Waals surface area (Å²) in [5.41, 5.74) is 4.18. The Hall–Kier alpha value is -3.44. The second-order valence-electron chi connectivity index (χ2n) is 6.78. The van der Waals surface area contributed by atoms with Crippen LogP contribution in [0.2, 0.25) is 0 Å². The molecule has 0 saturated carbocycles. The summed E-state index contributed by atoms with van der Waals surface area (Å²) in [6, 6.07) is 9.52. The first-order chi connectivity index (χ1) is 13.2. The molecule has 0 spiro atoms. The molecular formula is C19H17N7O.